The lowest BCUT2D eigenvalue weighted by Gasteiger charge is -2.31. The number of rotatable bonds is 5. The van der Waals surface area contributed by atoms with Crippen LogP contribution in [0, 0.1) is 19.3 Å². The third kappa shape index (κ3) is 4.44. The summed E-state index contributed by atoms with van der Waals surface area (Å²) in [6.07, 6.45) is -0.0730. The molecule has 0 saturated carbocycles. The van der Waals surface area contributed by atoms with Gasteiger partial charge in [0, 0.05) is 11.7 Å². The van der Waals surface area contributed by atoms with E-state index in [0.717, 1.165) is 11.3 Å². The van der Waals surface area contributed by atoms with E-state index in [-0.39, 0.29) is 17.9 Å². The number of carbonyl (C=O) groups excluding carboxylic acids is 1. The first-order valence-electron chi connectivity index (χ1n) is 6.78. The van der Waals surface area contributed by atoms with Gasteiger partial charge in [-0.1, -0.05) is 20.8 Å². The van der Waals surface area contributed by atoms with Crippen LogP contribution in [0.5, 0.6) is 0 Å². The molecular weight excluding hydrogens is 270 g/mol. The van der Waals surface area contributed by atoms with Crippen LogP contribution in [0.25, 0.3) is 0 Å². The summed E-state index contributed by atoms with van der Waals surface area (Å²) in [5.41, 5.74) is 6.87. The minimum absolute atomic E-state index is 0.0730. The molecule has 6 heteroatoms. The lowest BCUT2D eigenvalue weighted by molar-refractivity contribution is -0.137. The number of hydrogen-bond acceptors (Lipinski definition) is 4. The van der Waals surface area contributed by atoms with Crippen LogP contribution in [0.15, 0.2) is 6.07 Å². The lowest BCUT2D eigenvalue weighted by atomic mass is 9.84. The van der Waals surface area contributed by atoms with Crippen molar-refractivity contribution >= 4 is 17.7 Å². The molecule has 4 N–H and O–H groups in total. The molecule has 116 valence electrons. The van der Waals surface area contributed by atoms with Crippen LogP contribution in [0.3, 0.4) is 0 Å². The number of carbonyl (C=O) groups is 2. The second-order valence-corrected chi connectivity index (χ2v) is 6.33. The van der Waals surface area contributed by atoms with Gasteiger partial charge in [0.05, 0.1) is 12.0 Å². The van der Waals surface area contributed by atoms with E-state index in [1.165, 1.54) is 0 Å². The Hall–Kier alpha value is -2.11. The van der Waals surface area contributed by atoms with Gasteiger partial charge >= 0.3 is 5.97 Å². The van der Waals surface area contributed by atoms with Crippen molar-refractivity contribution in [2.45, 2.75) is 47.1 Å². The van der Waals surface area contributed by atoms with Gasteiger partial charge in [-0.15, -0.1) is 0 Å². The maximum Gasteiger partial charge on any atom is 0.305 e. The average Bonchev–Trinajstić information content (AvgIpc) is 2.24. The van der Waals surface area contributed by atoms with Gasteiger partial charge in [-0.3, -0.25) is 9.59 Å². The number of anilines is 1. The van der Waals surface area contributed by atoms with E-state index < -0.39 is 11.9 Å². The molecule has 1 aromatic rings. The Morgan fingerprint density at radius 1 is 1.38 bits per heavy atom. The van der Waals surface area contributed by atoms with E-state index >= 15 is 0 Å². The quantitative estimate of drug-likeness (QED) is 0.771. The Morgan fingerprint density at radius 3 is 2.38 bits per heavy atom. The molecular formula is C15H23N3O3. The number of nitrogens with zero attached hydrogens (tertiary/aromatic N) is 1. The molecule has 1 atom stereocenters. The highest BCUT2D eigenvalue weighted by molar-refractivity contribution is 5.99. The molecule has 0 radical (unpaired) electrons. The van der Waals surface area contributed by atoms with E-state index in [1.54, 1.807) is 13.0 Å². The summed E-state index contributed by atoms with van der Waals surface area (Å²) in [6.45, 7) is 9.39. The zero-order valence-electron chi connectivity index (χ0n) is 13.2. The second kappa shape index (κ2) is 6.11. The number of primary amides is 1. The van der Waals surface area contributed by atoms with Crippen molar-refractivity contribution in [2.75, 3.05) is 5.32 Å². The molecule has 1 heterocycles. The first-order valence-corrected chi connectivity index (χ1v) is 6.78. The molecule has 1 unspecified atom stereocenters. The fourth-order valence-electron chi connectivity index (χ4n) is 2.17. The van der Waals surface area contributed by atoms with Gasteiger partial charge < -0.3 is 16.2 Å². The van der Waals surface area contributed by atoms with Crippen LogP contribution in [-0.2, 0) is 4.79 Å². The fourth-order valence-corrected chi connectivity index (χ4v) is 2.17. The van der Waals surface area contributed by atoms with Gasteiger partial charge in [-0.2, -0.15) is 0 Å². The highest BCUT2D eigenvalue weighted by atomic mass is 16.4. The Morgan fingerprint density at radius 2 is 1.95 bits per heavy atom. The summed E-state index contributed by atoms with van der Waals surface area (Å²) in [5.74, 6) is -1.14. The van der Waals surface area contributed by atoms with Gasteiger partial charge in [0.2, 0.25) is 0 Å². The van der Waals surface area contributed by atoms with Crippen molar-refractivity contribution in [1.82, 2.24) is 4.98 Å². The van der Waals surface area contributed by atoms with Crippen molar-refractivity contribution in [3.8, 4) is 0 Å². The maximum atomic E-state index is 11.6. The highest BCUT2D eigenvalue weighted by Gasteiger charge is 2.28. The van der Waals surface area contributed by atoms with E-state index in [2.05, 4.69) is 10.3 Å². The summed E-state index contributed by atoms with van der Waals surface area (Å²) in [6, 6.07) is 1.40. The molecule has 0 spiro atoms. The molecule has 1 rings (SSSR count). The van der Waals surface area contributed by atoms with E-state index in [4.69, 9.17) is 10.8 Å². The van der Waals surface area contributed by atoms with Crippen LogP contribution in [0.4, 0.5) is 5.82 Å². The van der Waals surface area contributed by atoms with Gasteiger partial charge in [0.1, 0.15) is 5.82 Å². The minimum Gasteiger partial charge on any atom is -0.481 e. The number of aromatic nitrogens is 1. The summed E-state index contributed by atoms with van der Waals surface area (Å²) in [5, 5.41) is 12.1. The molecule has 0 aliphatic rings. The number of nitrogens with two attached hydrogens (primary N) is 1. The van der Waals surface area contributed by atoms with Crippen LogP contribution >= 0.6 is 0 Å². The minimum atomic E-state index is -0.910. The summed E-state index contributed by atoms with van der Waals surface area (Å²) < 4.78 is 0. The monoisotopic (exact) mass is 293 g/mol. The normalized spacial score (nSPS) is 12.8. The predicted octanol–water partition coefficient (Wildman–Crippen LogP) is 2.10. The number of pyridine rings is 1. The second-order valence-electron chi connectivity index (χ2n) is 6.33. The first-order chi connectivity index (χ1) is 9.52. The van der Waals surface area contributed by atoms with Gasteiger partial charge in [-0.25, -0.2) is 4.98 Å². The fraction of sp³-hybridized carbons (Fsp3) is 0.533. The molecule has 21 heavy (non-hydrogen) atoms. The van der Waals surface area contributed by atoms with Crippen molar-refractivity contribution in [2.24, 2.45) is 11.1 Å². The number of nitrogens with one attached hydrogen (secondary N) is 1. The van der Waals surface area contributed by atoms with Gasteiger partial charge in [0.15, 0.2) is 0 Å². The van der Waals surface area contributed by atoms with Gasteiger partial charge in [0.25, 0.3) is 5.91 Å². The molecule has 0 bridgehead atoms. The van der Waals surface area contributed by atoms with E-state index in [1.807, 2.05) is 27.7 Å². The molecule has 0 fully saturated rings. The SMILES string of the molecule is Cc1cc(C)c(C(N)=O)c(NC(CC(=O)O)C(C)(C)C)n1. The Balaban J connectivity index is 3.26. The molecule has 0 aromatic carbocycles. The Bertz CT molecular complexity index is 562. The van der Waals surface area contributed by atoms with Crippen molar-refractivity contribution in [3.63, 3.8) is 0 Å². The number of carboxylic acids is 1. The topological polar surface area (TPSA) is 105 Å². The van der Waals surface area contributed by atoms with E-state index in [0.29, 0.717) is 11.4 Å². The molecule has 6 nitrogen and oxygen atoms in total. The number of aliphatic carboxylic acids is 1. The zero-order chi connectivity index (χ0) is 16.4. The predicted molar refractivity (Wildman–Crippen MR) is 81.3 cm³/mol. The molecule has 0 aliphatic heterocycles. The lowest BCUT2D eigenvalue weighted by Crippen LogP contribution is -2.37. The molecule has 0 aliphatic carbocycles. The molecule has 1 aromatic heterocycles. The Kier molecular flexibility index (Phi) is 4.93. The first kappa shape index (κ1) is 16.9. The highest BCUT2D eigenvalue weighted by Crippen LogP contribution is 2.27. The standard InChI is InChI=1S/C15H23N3O3/c1-8-6-9(2)17-14(12(8)13(16)21)18-10(7-11(19)20)15(3,4)5/h6,10H,7H2,1-5H3,(H2,16,21)(H,17,18)(H,19,20). The largest absolute Gasteiger partial charge is 0.481 e. The number of carboxylic acid groups (broad SMARTS) is 1. The van der Waals surface area contributed by atoms with Crippen molar-refractivity contribution in [3.05, 3.63) is 22.9 Å². The smallest absolute Gasteiger partial charge is 0.305 e. The average molecular weight is 293 g/mol. The number of hydrogen-bond donors (Lipinski definition) is 3. The summed E-state index contributed by atoms with van der Waals surface area (Å²) in [7, 11) is 0. The van der Waals surface area contributed by atoms with Crippen LogP contribution in [0.2, 0.25) is 0 Å². The Labute approximate surface area is 124 Å². The summed E-state index contributed by atoms with van der Waals surface area (Å²) >= 11 is 0. The number of amides is 1. The third-order valence-electron chi connectivity index (χ3n) is 3.33. The maximum absolute atomic E-state index is 11.6. The molecule has 1 amide bonds. The number of aryl methyl sites for hydroxylation is 2. The van der Waals surface area contributed by atoms with E-state index in [9.17, 15) is 9.59 Å². The van der Waals surface area contributed by atoms with Crippen molar-refractivity contribution in [1.29, 1.82) is 0 Å². The van der Waals surface area contributed by atoms with Crippen LogP contribution < -0.4 is 11.1 Å². The zero-order valence-corrected chi connectivity index (χ0v) is 13.2. The molecule has 0 saturated heterocycles. The van der Waals surface area contributed by atoms with Crippen molar-refractivity contribution < 1.29 is 14.7 Å². The summed E-state index contributed by atoms with van der Waals surface area (Å²) in [4.78, 5) is 27.0. The van der Waals surface area contributed by atoms with Gasteiger partial charge in [-0.05, 0) is 30.9 Å². The van der Waals surface area contributed by atoms with Crippen LogP contribution in [0.1, 0.15) is 48.8 Å². The third-order valence-corrected chi connectivity index (χ3v) is 3.33. The van der Waals surface area contributed by atoms with Crippen LogP contribution in [-0.4, -0.2) is 28.0 Å².